The van der Waals surface area contributed by atoms with Crippen molar-refractivity contribution in [3.05, 3.63) is 28.8 Å². The Morgan fingerprint density at radius 1 is 1.36 bits per heavy atom. The van der Waals surface area contributed by atoms with Crippen LogP contribution in [0.15, 0.2) is 18.2 Å². The first-order chi connectivity index (χ1) is 11.8. The summed E-state index contributed by atoms with van der Waals surface area (Å²) in [4.78, 5) is 23.4. The van der Waals surface area contributed by atoms with E-state index in [9.17, 15) is 9.59 Å². The average Bonchev–Trinajstić information content (AvgIpc) is 2.57. The smallest absolute Gasteiger partial charge is 0.331 e. The number of rotatable bonds is 8. The number of esters is 1. The second kappa shape index (κ2) is 9.45. The molecule has 1 N–H and O–H groups in total. The van der Waals surface area contributed by atoms with Gasteiger partial charge in [-0.25, -0.2) is 4.79 Å². The van der Waals surface area contributed by atoms with Gasteiger partial charge in [0.1, 0.15) is 5.92 Å². The Morgan fingerprint density at radius 2 is 2.04 bits per heavy atom. The van der Waals surface area contributed by atoms with Gasteiger partial charge in [-0.15, -0.1) is 0 Å². The summed E-state index contributed by atoms with van der Waals surface area (Å²) >= 11 is 6.06. The predicted octanol–water partition coefficient (Wildman–Crippen LogP) is 2.66. The Morgan fingerprint density at radius 3 is 2.56 bits per heavy atom. The van der Waals surface area contributed by atoms with Crippen molar-refractivity contribution in [2.45, 2.75) is 6.92 Å². The van der Waals surface area contributed by atoms with Crippen LogP contribution in [-0.4, -0.2) is 38.3 Å². The van der Waals surface area contributed by atoms with Crippen molar-refractivity contribution in [3.63, 3.8) is 0 Å². The molecular formula is C17H17ClN2O5. The number of carbonyl (C=O) groups is 2. The molecule has 0 saturated heterocycles. The number of halogens is 1. The van der Waals surface area contributed by atoms with Crippen LogP contribution in [0.25, 0.3) is 6.08 Å². The summed E-state index contributed by atoms with van der Waals surface area (Å²) < 4.78 is 15.0. The molecule has 1 unspecified atom stereocenters. The molecule has 0 aliphatic carbocycles. The number of nitriles is 1. The highest BCUT2D eigenvalue weighted by Crippen LogP contribution is 2.36. The van der Waals surface area contributed by atoms with Crippen molar-refractivity contribution in [1.29, 1.82) is 10.7 Å². The summed E-state index contributed by atoms with van der Waals surface area (Å²) in [5, 5.41) is 16.4. The number of benzene rings is 1. The number of methoxy groups -OCH3 is 2. The van der Waals surface area contributed by atoms with Gasteiger partial charge in [-0.2, -0.15) is 5.26 Å². The van der Waals surface area contributed by atoms with Crippen LogP contribution in [0.3, 0.4) is 0 Å². The fraction of sp³-hybridized carbons (Fsp3) is 0.294. The molecule has 0 aromatic heterocycles. The van der Waals surface area contributed by atoms with E-state index in [0.717, 1.165) is 6.08 Å². The highest BCUT2D eigenvalue weighted by Gasteiger charge is 2.21. The normalized spacial score (nSPS) is 11.5. The van der Waals surface area contributed by atoms with Crippen LogP contribution in [0, 0.1) is 22.7 Å². The van der Waals surface area contributed by atoms with Crippen LogP contribution in [0.4, 0.5) is 0 Å². The molecular weight excluding hydrogens is 348 g/mol. The van der Waals surface area contributed by atoms with Gasteiger partial charge >= 0.3 is 5.97 Å². The zero-order chi connectivity index (χ0) is 19.0. The molecule has 132 valence electrons. The molecule has 1 rings (SSSR count). The van der Waals surface area contributed by atoms with Crippen LogP contribution in [0.1, 0.15) is 12.5 Å². The number of nitrogens with one attached hydrogen (secondary N) is 1. The van der Waals surface area contributed by atoms with Gasteiger partial charge in [-0.3, -0.25) is 4.79 Å². The standard InChI is InChI=1S/C17H17ClN2O5/c1-10(20)12(8-19)14(21)9-25-16(22)5-4-11-6-13(18)17(24-3)15(7-11)23-2/h4-7,12,20H,9H2,1-3H3/b5-4+,20-10?. The zero-order valence-corrected chi connectivity index (χ0v) is 14.7. The number of ketones is 1. The van der Waals surface area contributed by atoms with E-state index in [4.69, 9.17) is 36.5 Å². The molecule has 0 radical (unpaired) electrons. The molecule has 1 atom stereocenters. The Bertz CT molecular complexity index is 752. The van der Waals surface area contributed by atoms with E-state index in [1.807, 2.05) is 0 Å². The second-order valence-corrected chi connectivity index (χ2v) is 5.30. The van der Waals surface area contributed by atoms with Gasteiger partial charge in [0.25, 0.3) is 0 Å². The number of nitrogens with zero attached hydrogens (tertiary/aromatic N) is 1. The summed E-state index contributed by atoms with van der Waals surface area (Å²) in [5.74, 6) is -1.85. The van der Waals surface area contributed by atoms with Crippen molar-refractivity contribution in [2.75, 3.05) is 20.8 Å². The molecule has 1 aromatic carbocycles. The minimum atomic E-state index is -1.21. The van der Waals surface area contributed by atoms with Gasteiger partial charge in [-0.1, -0.05) is 11.6 Å². The third kappa shape index (κ3) is 5.62. The van der Waals surface area contributed by atoms with E-state index in [1.54, 1.807) is 18.2 Å². The molecule has 0 aliphatic heterocycles. The van der Waals surface area contributed by atoms with Crippen LogP contribution >= 0.6 is 11.6 Å². The van der Waals surface area contributed by atoms with Gasteiger partial charge in [0, 0.05) is 11.8 Å². The lowest BCUT2D eigenvalue weighted by molar-refractivity contribution is -0.143. The molecule has 7 nitrogen and oxygen atoms in total. The first-order valence-electron chi connectivity index (χ1n) is 7.07. The van der Waals surface area contributed by atoms with E-state index >= 15 is 0 Å². The van der Waals surface area contributed by atoms with E-state index in [1.165, 1.54) is 27.2 Å². The lowest BCUT2D eigenvalue weighted by Crippen LogP contribution is -2.25. The van der Waals surface area contributed by atoms with E-state index in [2.05, 4.69) is 0 Å². The van der Waals surface area contributed by atoms with Crippen LogP contribution in [0.5, 0.6) is 11.5 Å². The van der Waals surface area contributed by atoms with E-state index in [0.29, 0.717) is 22.1 Å². The fourth-order valence-electron chi connectivity index (χ4n) is 1.88. The SMILES string of the molecule is COc1cc(/C=C/C(=O)OCC(=O)C(C#N)C(C)=N)cc(Cl)c1OC. The summed E-state index contributed by atoms with van der Waals surface area (Å²) in [7, 11) is 2.91. The van der Waals surface area contributed by atoms with Gasteiger partial charge < -0.3 is 19.6 Å². The van der Waals surface area contributed by atoms with E-state index < -0.39 is 24.3 Å². The lowest BCUT2D eigenvalue weighted by Gasteiger charge is -2.10. The molecule has 0 saturated carbocycles. The van der Waals surface area contributed by atoms with Crippen LogP contribution < -0.4 is 9.47 Å². The minimum Gasteiger partial charge on any atom is -0.493 e. The maximum Gasteiger partial charge on any atom is 0.331 e. The van der Waals surface area contributed by atoms with Crippen molar-refractivity contribution in [2.24, 2.45) is 5.92 Å². The number of Topliss-reactive ketones (excluding diaryl/α,β-unsaturated/α-hetero) is 1. The van der Waals surface area contributed by atoms with Gasteiger partial charge in [0.05, 0.1) is 25.3 Å². The fourth-order valence-corrected chi connectivity index (χ4v) is 2.18. The topological polar surface area (TPSA) is 109 Å². The summed E-state index contributed by atoms with van der Waals surface area (Å²) in [6.45, 7) is 0.763. The third-order valence-corrected chi connectivity index (χ3v) is 3.39. The average molecular weight is 365 g/mol. The number of carbonyl (C=O) groups excluding carboxylic acids is 2. The zero-order valence-electron chi connectivity index (χ0n) is 14.0. The largest absolute Gasteiger partial charge is 0.493 e. The monoisotopic (exact) mass is 364 g/mol. The molecule has 0 spiro atoms. The molecule has 0 bridgehead atoms. The van der Waals surface area contributed by atoms with Crippen molar-refractivity contribution in [3.8, 4) is 17.6 Å². The maximum atomic E-state index is 11.7. The Labute approximate surface area is 150 Å². The van der Waals surface area contributed by atoms with Gasteiger partial charge in [0.2, 0.25) is 0 Å². The van der Waals surface area contributed by atoms with Crippen molar-refractivity contribution < 1.29 is 23.8 Å². The Hall–Kier alpha value is -2.85. The number of hydrogen-bond donors (Lipinski definition) is 1. The maximum absolute atomic E-state index is 11.7. The molecule has 0 aliphatic rings. The number of hydrogen-bond acceptors (Lipinski definition) is 7. The quantitative estimate of drug-likeness (QED) is 0.431. The minimum absolute atomic E-state index is 0.0981. The lowest BCUT2D eigenvalue weighted by atomic mass is 10.0. The highest BCUT2D eigenvalue weighted by atomic mass is 35.5. The van der Waals surface area contributed by atoms with E-state index in [-0.39, 0.29) is 5.71 Å². The van der Waals surface area contributed by atoms with Crippen LogP contribution in [-0.2, 0) is 14.3 Å². The van der Waals surface area contributed by atoms with Gasteiger partial charge in [-0.05, 0) is 30.7 Å². The molecule has 0 heterocycles. The van der Waals surface area contributed by atoms with Crippen molar-refractivity contribution >= 4 is 35.1 Å². The molecule has 8 heteroatoms. The third-order valence-electron chi connectivity index (χ3n) is 3.11. The summed E-state index contributed by atoms with van der Waals surface area (Å²) in [6, 6.07) is 4.87. The molecule has 25 heavy (non-hydrogen) atoms. The van der Waals surface area contributed by atoms with Crippen LogP contribution in [0.2, 0.25) is 5.02 Å². The second-order valence-electron chi connectivity index (χ2n) is 4.89. The number of ether oxygens (including phenoxy) is 3. The summed E-state index contributed by atoms with van der Waals surface area (Å²) in [5.41, 5.74) is 0.468. The highest BCUT2D eigenvalue weighted by molar-refractivity contribution is 6.32. The molecule has 1 aromatic rings. The van der Waals surface area contributed by atoms with Crippen molar-refractivity contribution in [1.82, 2.24) is 0 Å². The first kappa shape index (κ1) is 20.2. The predicted molar refractivity (Wildman–Crippen MR) is 92.1 cm³/mol. The first-order valence-corrected chi connectivity index (χ1v) is 7.45. The Kier molecular flexibility index (Phi) is 7.63. The molecule has 0 fully saturated rings. The molecule has 0 amide bonds. The Balaban J connectivity index is 2.75. The summed E-state index contributed by atoms with van der Waals surface area (Å²) in [6.07, 6.45) is 2.55. The van der Waals surface area contributed by atoms with Gasteiger partial charge in [0.15, 0.2) is 23.9 Å².